The average molecular weight is 206 g/mol. The Balaban J connectivity index is 2.15. The van der Waals surface area contributed by atoms with E-state index in [-0.39, 0.29) is 11.5 Å². The van der Waals surface area contributed by atoms with E-state index in [1.807, 2.05) is 0 Å². The van der Waals surface area contributed by atoms with Crippen LogP contribution in [-0.4, -0.2) is 21.1 Å². The molecule has 76 valence electrons. The van der Waals surface area contributed by atoms with Crippen LogP contribution in [0.15, 0.2) is 33.9 Å². The molecule has 0 bridgehead atoms. The van der Waals surface area contributed by atoms with Gasteiger partial charge in [-0.3, -0.25) is 10.1 Å². The summed E-state index contributed by atoms with van der Waals surface area (Å²) in [6, 6.07) is 2.52. The highest BCUT2D eigenvalue weighted by molar-refractivity contribution is 6.02. The Morgan fingerprint density at radius 1 is 1.47 bits per heavy atom. The van der Waals surface area contributed by atoms with Gasteiger partial charge in [0.2, 0.25) is 5.95 Å². The van der Waals surface area contributed by atoms with E-state index in [0.717, 1.165) is 12.3 Å². The molecule has 15 heavy (non-hydrogen) atoms. The lowest BCUT2D eigenvalue weighted by molar-refractivity contribution is 0.102. The van der Waals surface area contributed by atoms with Crippen molar-refractivity contribution in [3.63, 3.8) is 0 Å². The third kappa shape index (κ3) is 2.08. The molecule has 0 saturated carbocycles. The summed E-state index contributed by atoms with van der Waals surface area (Å²) in [7, 11) is 0. The summed E-state index contributed by atoms with van der Waals surface area (Å²) < 4.78 is 4.54. The van der Waals surface area contributed by atoms with Gasteiger partial charge in [0.25, 0.3) is 5.91 Å². The molecule has 0 saturated heterocycles. The van der Waals surface area contributed by atoms with E-state index >= 15 is 0 Å². The summed E-state index contributed by atoms with van der Waals surface area (Å²) in [5.41, 5.74) is -0.280. The summed E-state index contributed by atoms with van der Waals surface area (Å²) >= 11 is 0. The Hall–Kier alpha value is -2.44. The van der Waals surface area contributed by atoms with Crippen molar-refractivity contribution < 1.29 is 9.21 Å². The number of nitrogens with zero attached hydrogens (tertiary/aromatic N) is 2. The van der Waals surface area contributed by atoms with Crippen LogP contribution in [0.4, 0.5) is 5.95 Å². The number of aromatic nitrogens is 3. The number of carbonyl (C=O) groups is 1. The molecule has 2 heterocycles. The topological polar surface area (TPSA) is 101 Å². The minimum absolute atomic E-state index is 0.228. The number of nitrogens with one attached hydrogen (secondary N) is 2. The van der Waals surface area contributed by atoms with Crippen molar-refractivity contribution in [2.75, 3.05) is 5.32 Å². The van der Waals surface area contributed by atoms with E-state index in [0.29, 0.717) is 0 Å². The Labute approximate surface area is 83.1 Å². The smallest absolute Gasteiger partial charge is 0.335 e. The van der Waals surface area contributed by atoms with Gasteiger partial charge in [0.15, 0.2) is 0 Å². The minimum Gasteiger partial charge on any atom is -0.430 e. The van der Waals surface area contributed by atoms with E-state index in [9.17, 15) is 9.59 Å². The third-order valence-corrected chi connectivity index (χ3v) is 1.61. The van der Waals surface area contributed by atoms with E-state index in [4.69, 9.17) is 0 Å². The van der Waals surface area contributed by atoms with Gasteiger partial charge in [-0.15, -0.1) is 0 Å². The molecule has 0 aliphatic heterocycles. The summed E-state index contributed by atoms with van der Waals surface area (Å²) in [5.74, 6) is -0.207. The second-order valence-electron chi connectivity index (χ2n) is 2.63. The summed E-state index contributed by atoms with van der Waals surface area (Å²) in [4.78, 5) is 25.8. The number of carbonyl (C=O) groups excluding carboxylic acids is 1. The van der Waals surface area contributed by atoms with Crippen LogP contribution in [0.2, 0.25) is 0 Å². The predicted octanol–water partition coefficient (Wildman–Crippen LogP) is 0.0102. The Morgan fingerprint density at radius 3 is 2.93 bits per heavy atom. The molecular weight excluding hydrogens is 200 g/mol. The fourth-order valence-corrected chi connectivity index (χ4v) is 0.933. The minimum atomic E-state index is -0.508. The van der Waals surface area contributed by atoms with Gasteiger partial charge in [-0.2, -0.15) is 10.1 Å². The molecule has 7 nitrogen and oxygen atoms in total. The molecule has 0 aliphatic carbocycles. The standard InChI is InChI=1S/C8H6N4O3/c13-6-2-1-5(3-15-6)7(14)11-8-9-4-10-12-8/h1-4H,(H2,9,10,11,12,14). The van der Waals surface area contributed by atoms with E-state index in [1.54, 1.807) is 0 Å². The first-order valence-electron chi connectivity index (χ1n) is 4.01. The maximum Gasteiger partial charge on any atom is 0.335 e. The highest BCUT2D eigenvalue weighted by Gasteiger charge is 2.07. The van der Waals surface area contributed by atoms with Crippen LogP contribution >= 0.6 is 0 Å². The molecule has 2 aromatic rings. The van der Waals surface area contributed by atoms with E-state index < -0.39 is 11.5 Å². The zero-order valence-electron chi connectivity index (χ0n) is 7.43. The van der Waals surface area contributed by atoms with E-state index in [1.165, 1.54) is 12.4 Å². The van der Waals surface area contributed by atoms with Gasteiger partial charge in [-0.1, -0.05) is 0 Å². The molecule has 0 aliphatic rings. The highest BCUT2D eigenvalue weighted by Crippen LogP contribution is 2.00. The first-order valence-corrected chi connectivity index (χ1v) is 4.01. The lowest BCUT2D eigenvalue weighted by atomic mass is 10.3. The molecule has 1 amide bonds. The zero-order chi connectivity index (χ0) is 10.7. The average Bonchev–Trinajstić information content (AvgIpc) is 2.71. The summed E-state index contributed by atoms with van der Waals surface area (Å²) in [6.45, 7) is 0. The zero-order valence-corrected chi connectivity index (χ0v) is 7.43. The van der Waals surface area contributed by atoms with Gasteiger partial charge >= 0.3 is 5.63 Å². The second-order valence-corrected chi connectivity index (χ2v) is 2.63. The van der Waals surface area contributed by atoms with Crippen LogP contribution in [0, 0.1) is 0 Å². The largest absolute Gasteiger partial charge is 0.430 e. The van der Waals surface area contributed by atoms with Gasteiger partial charge in [0.1, 0.15) is 12.6 Å². The van der Waals surface area contributed by atoms with Crippen LogP contribution in [0.5, 0.6) is 0 Å². The fourth-order valence-electron chi connectivity index (χ4n) is 0.933. The normalized spacial score (nSPS) is 9.87. The third-order valence-electron chi connectivity index (χ3n) is 1.61. The number of rotatable bonds is 2. The van der Waals surface area contributed by atoms with Crippen LogP contribution in [0.25, 0.3) is 0 Å². The predicted molar refractivity (Wildman–Crippen MR) is 49.3 cm³/mol. The SMILES string of the molecule is O=C(Nc1ncn[nH]1)c1ccc(=O)oc1. The molecule has 2 rings (SSSR count). The molecule has 0 unspecified atom stereocenters. The molecule has 0 radical (unpaired) electrons. The van der Waals surface area contributed by atoms with Crippen molar-refractivity contribution in [2.45, 2.75) is 0 Å². The molecule has 0 fully saturated rings. The number of aromatic amines is 1. The molecule has 0 spiro atoms. The van der Waals surface area contributed by atoms with Gasteiger partial charge < -0.3 is 4.42 Å². The Bertz CT molecular complexity index is 496. The molecular formula is C8H6N4O3. The van der Waals surface area contributed by atoms with Crippen molar-refractivity contribution in [3.05, 3.63) is 40.7 Å². The first kappa shape index (κ1) is 9.13. The fraction of sp³-hybridized carbons (Fsp3) is 0. The molecule has 0 aromatic carbocycles. The molecule has 2 N–H and O–H groups in total. The summed E-state index contributed by atoms with van der Waals surface area (Å²) in [6.07, 6.45) is 2.34. The van der Waals surface area contributed by atoms with Crippen molar-refractivity contribution in [1.82, 2.24) is 15.2 Å². The lowest BCUT2D eigenvalue weighted by Crippen LogP contribution is -2.13. The van der Waals surface area contributed by atoms with Gasteiger partial charge in [-0.05, 0) is 6.07 Å². The van der Waals surface area contributed by atoms with Crippen LogP contribution in [-0.2, 0) is 0 Å². The van der Waals surface area contributed by atoms with Crippen LogP contribution in [0.1, 0.15) is 10.4 Å². The Morgan fingerprint density at radius 2 is 2.33 bits per heavy atom. The first-order chi connectivity index (χ1) is 7.25. The van der Waals surface area contributed by atoms with Crippen molar-refractivity contribution in [2.24, 2.45) is 0 Å². The number of hydrogen-bond acceptors (Lipinski definition) is 5. The van der Waals surface area contributed by atoms with Crippen LogP contribution < -0.4 is 10.9 Å². The quantitative estimate of drug-likeness (QED) is 0.720. The number of hydrogen-bond donors (Lipinski definition) is 2. The maximum absolute atomic E-state index is 11.5. The van der Waals surface area contributed by atoms with Crippen molar-refractivity contribution in [3.8, 4) is 0 Å². The number of amides is 1. The highest BCUT2D eigenvalue weighted by atomic mass is 16.4. The monoisotopic (exact) mass is 206 g/mol. The Kier molecular flexibility index (Phi) is 2.28. The maximum atomic E-state index is 11.5. The summed E-state index contributed by atoms with van der Waals surface area (Å²) in [5, 5.41) is 8.45. The van der Waals surface area contributed by atoms with Crippen LogP contribution in [0.3, 0.4) is 0 Å². The van der Waals surface area contributed by atoms with Crippen molar-refractivity contribution >= 4 is 11.9 Å². The van der Waals surface area contributed by atoms with Gasteiger partial charge in [0.05, 0.1) is 5.56 Å². The molecule has 7 heteroatoms. The number of H-pyrrole nitrogens is 1. The second kappa shape index (κ2) is 3.74. The van der Waals surface area contributed by atoms with Gasteiger partial charge in [-0.25, -0.2) is 9.89 Å². The molecule has 0 atom stereocenters. The van der Waals surface area contributed by atoms with Gasteiger partial charge in [0, 0.05) is 6.07 Å². The van der Waals surface area contributed by atoms with Crippen molar-refractivity contribution in [1.29, 1.82) is 0 Å². The van der Waals surface area contributed by atoms with E-state index in [2.05, 4.69) is 24.9 Å². The molecule has 2 aromatic heterocycles. The lowest BCUT2D eigenvalue weighted by Gasteiger charge is -1.98. The number of anilines is 1.